The normalized spacial score (nSPS) is 15.7. The summed E-state index contributed by atoms with van der Waals surface area (Å²) in [4.78, 5) is 15.7. The standard InChI is InChI=1S/C16H22N2O/c1-4-16(19)18-11-9-17(10-12-18)15-7-5-14(6-8-15)13(2)3/h4-8,13H,1,9-12H2,2-3H3. The van der Waals surface area contributed by atoms with E-state index in [0.29, 0.717) is 5.92 Å². The highest BCUT2D eigenvalue weighted by atomic mass is 16.2. The lowest BCUT2D eigenvalue weighted by Gasteiger charge is -2.35. The Bertz CT molecular complexity index is 442. The highest BCUT2D eigenvalue weighted by Crippen LogP contribution is 2.21. The molecule has 0 atom stereocenters. The summed E-state index contributed by atoms with van der Waals surface area (Å²) in [7, 11) is 0. The van der Waals surface area contributed by atoms with Crippen molar-refractivity contribution in [3.8, 4) is 0 Å². The second-order valence-electron chi connectivity index (χ2n) is 5.26. The number of amides is 1. The number of rotatable bonds is 3. The molecular weight excluding hydrogens is 236 g/mol. The van der Waals surface area contributed by atoms with Crippen LogP contribution in [0.3, 0.4) is 0 Å². The van der Waals surface area contributed by atoms with E-state index in [9.17, 15) is 4.79 Å². The molecule has 0 aromatic heterocycles. The van der Waals surface area contributed by atoms with E-state index in [2.05, 4.69) is 49.6 Å². The zero-order chi connectivity index (χ0) is 13.8. The van der Waals surface area contributed by atoms with Crippen molar-refractivity contribution in [2.24, 2.45) is 0 Å². The van der Waals surface area contributed by atoms with Crippen molar-refractivity contribution in [3.05, 3.63) is 42.5 Å². The van der Waals surface area contributed by atoms with Crippen LogP contribution in [0.1, 0.15) is 25.3 Å². The van der Waals surface area contributed by atoms with Crippen molar-refractivity contribution in [2.75, 3.05) is 31.1 Å². The first-order chi connectivity index (χ1) is 9.11. The smallest absolute Gasteiger partial charge is 0.246 e. The van der Waals surface area contributed by atoms with Crippen LogP contribution in [0, 0.1) is 0 Å². The van der Waals surface area contributed by atoms with Crippen molar-refractivity contribution in [3.63, 3.8) is 0 Å². The number of piperazine rings is 1. The van der Waals surface area contributed by atoms with Gasteiger partial charge >= 0.3 is 0 Å². The van der Waals surface area contributed by atoms with Crippen LogP contribution >= 0.6 is 0 Å². The van der Waals surface area contributed by atoms with Gasteiger partial charge in [-0.15, -0.1) is 0 Å². The molecule has 1 saturated heterocycles. The van der Waals surface area contributed by atoms with Crippen molar-refractivity contribution in [1.82, 2.24) is 4.90 Å². The molecule has 2 rings (SSSR count). The number of carbonyl (C=O) groups excluding carboxylic acids is 1. The van der Waals surface area contributed by atoms with Gasteiger partial charge in [0.1, 0.15) is 0 Å². The molecule has 0 N–H and O–H groups in total. The van der Waals surface area contributed by atoms with E-state index in [0.717, 1.165) is 26.2 Å². The van der Waals surface area contributed by atoms with E-state index < -0.39 is 0 Å². The van der Waals surface area contributed by atoms with Crippen LogP contribution in [0.5, 0.6) is 0 Å². The van der Waals surface area contributed by atoms with Crippen LogP contribution < -0.4 is 4.90 Å². The van der Waals surface area contributed by atoms with Gasteiger partial charge in [0.15, 0.2) is 0 Å². The number of anilines is 1. The predicted molar refractivity (Wildman–Crippen MR) is 79.5 cm³/mol. The Labute approximate surface area is 115 Å². The third kappa shape index (κ3) is 3.16. The molecule has 3 heteroatoms. The van der Waals surface area contributed by atoms with Crippen molar-refractivity contribution in [1.29, 1.82) is 0 Å². The number of hydrogen-bond donors (Lipinski definition) is 0. The van der Waals surface area contributed by atoms with Gasteiger partial charge in [-0.2, -0.15) is 0 Å². The van der Waals surface area contributed by atoms with Gasteiger partial charge in [-0.05, 0) is 29.7 Å². The quantitative estimate of drug-likeness (QED) is 0.778. The first-order valence-corrected chi connectivity index (χ1v) is 6.88. The average Bonchev–Trinajstić information content (AvgIpc) is 2.46. The summed E-state index contributed by atoms with van der Waals surface area (Å²) in [6, 6.07) is 8.75. The SMILES string of the molecule is C=CC(=O)N1CCN(c2ccc(C(C)C)cc2)CC1. The maximum absolute atomic E-state index is 11.5. The summed E-state index contributed by atoms with van der Waals surface area (Å²) >= 11 is 0. The van der Waals surface area contributed by atoms with Crippen LogP contribution in [0.2, 0.25) is 0 Å². The Morgan fingerprint density at radius 2 is 1.74 bits per heavy atom. The van der Waals surface area contributed by atoms with Crippen LogP contribution in [0.15, 0.2) is 36.9 Å². The number of hydrogen-bond acceptors (Lipinski definition) is 2. The van der Waals surface area contributed by atoms with Crippen molar-refractivity contribution >= 4 is 11.6 Å². The first kappa shape index (κ1) is 13.7. The van der Waals surface area contributed by atoms with Crippen molar-refractivity contribution in [2.45, 2.75) is 19.8 Å². The Morgan fingerprint density at radius 1 is 1.16 bits per heavy atom. The summed E-state index contributed by atoms with van der Waals surface area (Å²) in [5, 5.41) is 0. The number of carbonyl (C=O) groups is 1. The molecule has 0 spiro atoms. The van der Waals surface area contributed by atoms with E-state index >= 15 is 0 Å². The molecule has 1 heterocycles. The highest BCUT2D eigenvalue weighted by Gasteiger charge is 2.19. The lowest BCUT2D eigenvalue weighted by atomic mass is 10.0. The van der Waals surface area contributed by atoms with E-state index in [4.69, 9.17) is 0 Å². The lowest BCUT2D eigenvalue weighted by molar-refractivity contribution is -0.126. The van der Waals surface area contributed by atoms with Crippen LogP contribution in [-0.2, 0) is 4.79 Å². The molecule has 0 unspecified atom stereocenters. The van der Waals surface area contributed by atoms with Gasteiger partial charge in [-0.25, -0.2) is 0 Å². The third-order valence-corrected chi connectivity index (χ3v) is 3.69. The molecule has 0 bridgehead atoms. The molecule has 1 aromatic rings. The third-order valence-electron chi connectivity index (χ3n) is 3.69. The minimum Gasteiger partial charge on any atom is -0.368 e. The summed E-state index contributed by atoms with van der Waals surface area (Å²) in [6.45, 7) is 11.3. The van der Waals surface area contributed by atoms with Gasteiger partial charge in [-0.1, -0.05) is 32.6 Å². The van der Waals surface area contributed by atoms with E-state index in [1.54, 1.807) is 0 Å². The fourth-order valence-corrected chi connectivity index (χ4v) is 2.38. The number of benzene rings is 1. The Hall–Kier alpha value is -1.77. The molecule has 102 valence electrons. The van der Waals surface area contributed by atoms with Gasteiger partial charge in [0.2, 0.25) is 5.91 Å². The fraction of sp³-hybridized carbons (Fsp3) is 0.438. The highest BCUT2D eigenvalue weighted by molar-refractivity contribution is 5.87. The summed E-state index contributed by atoms with van der Waals surface area (Å²) in [5.41, 5.74) is 2.61. The Kier molecular flexibility index (Phi) is 4.25. The second-order valence-corrected chi connectivity index (χ2v) is 5.26. The van der Waals surface area contributed by atoms with Crippen LogP contribution in [-0.4, -0.2) is 37.0 Å². The van der Waals surface area contributed by atoms with Gasteiger partial charge < -0.3 is 9.80 Å². The van der Waals surface area contributed by atoms with Gasteiger partial charge in [0.05, 0.1) is 0 Å². The van der Waals surface area contributed by atoms with Gasteiger partial charge in [0.25, 0.3) is 0 Å². The Morgan fingerprint density at radius 3 is 2.21 bits per heavy atom. The molecule has 1 amide bonds. The molecule has 1 aliphatic heterocycles. The zero-order valence-electron chi connectivity index (χ0n) is 11.8. The van der Waals surface area contributed by atoms with Crippen LogP contribution in [0.25, 0.3) is 0 Å². The first-order valence-electron chi connectivity index (χ1n) is 6.88. The predicted octanol–water partition coefficient (Wildman–Crippen LogP) is 2.64. The summed E-state index contributed by atoms with van der Waals surface area (Å²) < 4.78 is 0. The monoisotopic (exact) mass is 258 g/mol. The minimum absolute atomic E-state index is 0.0369. The molecule has 3 nitrogen and oxygen atoms in total. The zero-order valence-corrected chi connectivity index (χ0v) is 11.8. The van der Waals surface area contributed by atoms with E-state index in [1.165, 1.54) is 17.3 Å². The van der Waals surface area contributed by atoms with Crippen LogP contribution in [0.4, 0.5) is 5.69 Å². The Balaban J connectivity index is 1.97. The molecule has 0 saturated carbocycles. The maximum Gasteiger partial charge on any atom is 0.246 e. The molecule has 0 aliphatic carbocycles. The molecular formula is C16H22N2O. The number of nitrogens with zero attached hydrogens (tertiary/aromatic N) is 2. The molecule has 1 aromatic carbocycles. The largest absolute Gasteiger partial charge is 0.368 e. The van der Waals surface area contributed by atoms with E-state index in [1.807, 2.05) is 4.90 Å². The molecule has 1 fully saturated rings. The summed E-state index contributed by atoms with van der Waals surface area (Å²) in [6.07, 6.45) is 1.40. The van der Waals surface area contributed by atoms with Gasteiger partial charge in [-0.3, -0.25) is 4.79 Å². The van der Waals surface area contributed by atoms with E-state index in [-0.39, 0.29) is 5.91 Å². The maximum atomic E-state index is 11.5. The second kappa shape index (κ2) is 5.91. The summed E-state index contributed by atoms with van der Waals surface area (Å²) in [5.74, 6) is 0.603. The molecule has 1 aliphatic rings. The minimum atomic E-state index is 0.0369. The average molecular weight is 258 g/mol. The molecule has 0 radical (unpaired) electrons. The van der Waals surface area contributed by atoms with Gasteiger partial charge in [0, 0.05) is 31.9 Å². The molecule has 19 heavy (non-hydrogen) atoms. The topological polar surface area (TPSA) is 23.6 Å². The van der Waals surface area contributed by atoms with Crippen molar-refractivity contribution < 1.29 is 4.79 Å². The lowest BCUT2D eigenvalue weighted by Crippen LogP contribution is -2.48. The fourth-order valence-electron chi connectivity index (χ4n) is 2.38.